The predicted octanol–water partition coefficient (Wildman–Crippen LogP) is 4.48. The Morgan fingerprint density at radius 3 is 2.69 bits per heavy atom. The molecular formula is C12H18Cl2FN. The highest BCUT2D eigenvalue weighted by Gasteiger charge is 2.12. The maximum absolute atomic E-state index is 13.5. The first-order valence-corrected chi connectivity index (χ1v) is 5.74. The van der Waals surface area contributed by atoms with E-state index in [1.807, 2.05) is 0 Å². The molecule has 0 amide bonds. The van der Waals surface area contributed by atoms with E-state index in [4.69, 9.17) is 17.3 Å². The first kappa shape index (κ1) is 15.7. The number of halogens is 3. The zero-order valence-electron chi connectivity index (χ0n) is 9.38. The Morgan fingerprint density at radius 1 is 1.38 bits per heavy atom. The van der Waals surface area contributed by atoms with Crippen molar-refractivity contribution in [2.24, 2.45) is 5.73 Å². The molecule has 0 unspecified atom stereocenters. The molecular weight excluding hydrogens is 248 g/mol. The van der Waals surface area contributed by atoms with Crippen LogP contribution in [0.25, 0.3) is 0 Å². The average Bonchev–Trinajstić information content (AvgIpc) is 2.22. The Bertz CT molecular complexity index is 318. The van der Waals surface area contributed by atoms with E-state index in [2.05, 4.69) is 6.92 Å². The Labute approximate surface area is 108 Å². The van der Waals surface area contributed by atoms with Gasteiger partial charge in [-0.25, -0.2) is 4.39 Å². The molecule has 0 aliphatic heterocycles. The van der Waals surface area contributed by atoms with E-state index in [0.29, 0.717) is 5.56 Å². The molecule has 16 heavy (non-hydrogen) atoms. The second-order valence-corrected chi connectivity index (χ2v) is 4.15. The molecule has 0 radical (unpaired) electrons. The minimum atomic E-state index is -0.372. The Kier molecular flexibility index (Phi) is 7.73. The van der Waals surface area contributed by atoms with E-state index < -0.39 is 0 Å². The van der Waals surface area contributed by atoms with Gasteiger partial charge in [0, 0.05) is 11.6 Å². The minimum absolute atomic E-state index is 0. The smallest absolute Gasteiger partial charge is 0.146 e. The normalized spacial score (nSPS) is 12.0. The summed E-state index contributed by atoms with van der Waals surface area (Å²) < 4.78 is 13.5. The summed E-state index contributed by atoms with van der Waals surface area (Å²) in [5.41, 5.74) is 6.43. The molecule has 0 saturated heterocycles. The van der Waals surface area contributed by atoms with Crippen molar-refractivity contribution in [2.75, 3.05) is 0 Å². The maximum Gasteiger partial charge on any atom is 0.146 e. The fraction of sp³-hybridized carbons (Fsp3) is 0.500. The third-order valence-electron chi connectivity index (χ3n) is 2.50. The van der Waals surface area contributed by atoms with Gasteiger partial charge in [0.15, 0.2) is 0 Å². The van der Waals surface area contributed by atoms with Gasteiger partial charge >= 0.3 is 0 Å². The molecule has 0 heterocycles. The lowest BCUT2D eigenvalue weighted by molar-refractivity contribution is 0.539. The molecule has 0 aliphatic carbocycles. The largest absolute Gasteiger partial charge is 0.324 e. The molecule has 0 aliphatic rings. The fourth-order valence-electron chi connectivity index (χ4n) is 1.58. The Morgan fingerprint density at radius 2 is 2.06 bits per heavy atom. The first-order chi connectivity index (χ1) is 7.16. The molecule has 1 aromatic carbocycles. The van der Waals surface area contributed by atoms with Gasteiger partial charge in [0.25, 0.3) is 0 Å². The molecule has 0 aromatic heterocycles. The molecule has 2 N–H and O–H groups in total. The van der Waals surface area contributed by atoms with Gasteiger partial charge in [-0.2, -0.15) is 0 Å². The molecule has 1 rings (SSSR count). The van der Waals surface area contributed by atoms with Gasteiger partial charge in [-0.1, -0.05) is 49.9 Å². The van der Waals surface area contributed by atoms with E-state index in [0.717, 1.165) is 25.7 Å². The van der Waals surface area contributed by atoms with Crippen LogP contribution in [0, 0.1) is 5.82 Å². The van der Waals surface area contributed by atoms with Crippen molar-refractivity contribution in [2.45, 2.75) is 38.6 Å². The highest BCUT2D eigenvalue weighted by Crippen LogP contribution is 2.25. The molecule has 4 heteroatoms. The predicted molar refractivity (Wildman–Crippen MR) is 69.7 cm³/mol. The van der Waals surface area contributed by atoms with E-state index in [9.17, 15) is 4.39 Å². The third-order valence-corrected chi connectivity index (χ3v) is 2.79. The monoisotopic (exact) mass is 265 g/mol. The standard InChI is InChI=1S/C12H17ClFN.ClH/c1-2-3-4-8-11(15)9-6-5-7-10(13)12(9)14;/h5-7,11H,2-4,8,15H2,1H3;1H/t11-;/m1./s1. The molecule has 1 atom stereocenters. The zero-order chi connectivity index (χ0) is 11.3. The van der Waals surface area contributed by atoms with Gasteiger partial charge in [0.1, 0.15) is 5.82 Å². The summed E-state index contributed by atoms with van der Waals surface area (Å²) in [5, 5.41) is 0.151. The van der Waals surface area contributed by atoms with Crippen LogP contribution in [0.4, 0.5) is 4.39 Å². The summed E-state index contributed by atoms with van der Waals surface area (Å²) in [7, 11) is 0. The Balaban J connectivity index is 0.00000225. The molecule has 0 saturated carbocycles. The first-order valence-electron chi connectivity index (χ1n) is 5.36. The van der Waals surface area contributed by atoms with Gasteiger partial charge in [0.05, 0.1) is 5.02 Å². The fourth-order valence-corrected chi connectivity index (χ4v) is 1.76. The van der Waals surface area contributed by atoms with Gasteiger partial charge in [0.2, 0.25) is 0 Å². The van der Waals surface area contributed by atoms with E-state index in [-0.39, 0.29) is 29.3 Å². The number of nitrogens with two attached hydrogens (primary N) is 1. The molecule has 1 nitrogen and oxygen atoms in total. The lowest BCUT2D eigenvalue weighted by atomic mass is 10.0. The van der Waals surface area contributed by atoms with Crippen molar-refractivity contribution < 1.29 is 4.39 Å². The summed E-state index contributed by atoms with van der Waals surface area (Å²) >= 11 is 5.69. The SMILES string of the molecule is CCCCC[C@@H](N)c1cccc(Cl)c1F.Cl. The van der Waals surface area contributed by atoms with Crippen molar-refractivity contribution in [1.29, 1.82) is 0 Å². The maximum atomic E-state index is 13.5. The Hall–Kier alpha value is -0.310. The number of hydrogen-bond acceptors (Lipinski definition) is 1. The van der Waals surface area contributed by atoms with Gasteiger partial charge < -0.3 is 5.73 Å². The topological polar surface area (TPSA) is 26.0 Å². The van der Waals surface area contributed by atoms with E-state index >= 15 is 0 Å². The van der Waals surface area contributed by atoms with Crippen molar-refractivity contribution in [3.8, 4) is 0 Å². The summed E-state index contributed by atoms with van der Waals surface area (Å²) in [6.07, 6.45) is 4.12. The van der Waals surface area contributed by atoms with Crippen molar-refractivity contribution >= 4 is 24.0 Å². The highest BCUT2D eigenvalue weighted by molar-refractivity contribution is 6.30. The molecule has 0 bridgehead atoms. The van der Waals surface area contributed by atoms with Crippen LogP contribution in [-0.4, -0.2) is 0 Å². The highest BCUT2D eigenvalue weighted by atomic mass is 35.5. The molecule has 0 fully saturated rings. The van der Waals surface area contributed by atoms with Crippen LogP contribution in [0.3, 0.4) is 0 Å². The van der Waals surface area contributed by atoms with E-state index in [1.54, 1.807) is 18.2 Å². The number of benzene rings is 1. The second kappa shape index (κ2) is 7.88. The van der Waals surface area contributed by atoms with Gasteiger partial charge in [-0.15, -0.1) is 12.4 Å². The zero-order valence-corrected chi connectivity index (χ0v) is 11.0. The van der Waals surface area contributed by atoms with Crippen molar-refractivity contribution in [1.82, 2.24) is 0 Å². The summed E-state index contributed by atoms with van der Waals surface area (Å²) in [4.78, 5) is 0. The molecule has 0 spiro atoms. The number of unbranched alkanes of at least 4 members (excludes halogenated alkanes) is 2. The van der Waals surface area contributed by atoms with Crippen LogP contribution in [0.15, 0.2) is 18.2 Å². The average molecular weight is 266 g/mol. The lowest BCUT2D eigenvalue weighted by Crippen LogP contribution is -2.12. The summed E-state index contributed by atoms with van der Waals surface area (Å²) in [5.74, 6) is -0.372. The van der Waals surface area contributed by atoms with Crippen molar-refractivity contribution in [3.63, 3.8) is 0 Å². The molecule has 1 aromatic rings. The van der Waals surface area contributed by atoms with Crippen LogP contribution in [0.2, 0.25) is 5.02 Å². The van der Waals surface area contributed by atoms with Crippen LogP contribution in [0.5, 0.6) is 0 Å². The number of rotatable bonds is 5. The quantitative estimate of drug-likeness (QED) is 0.781. The summed E-state index contributed by atoms with van der Waals surface area (Å²) in [6.45, 7) is 2.13. The number of hydrogen-bond donors (Lipinski definition) is 1. The van der Waals surface area contributed by atoms with E-state index in [1.165, 1.54) is 0 Å². The minimum Gasteiger partial charge on any atom is -0.324 e. The van der Waals surface area contributed by atoms with Crippen LogP contribution < -0.4 is 5.73 Å². The summed E-state index contributed by atoms with van der Waals surface area (Å²) in [6, 6.07) is 4.74. The van der Waals surface area contributed by atoms with Crippen LogP contribution in [0.1, 0.15) is 44.2 Å². The third kappa shape index (κ3) is 4.28. The van der Waals surface area contributed by atoms with Crippen LogP contribution >= 0.6 is 24.0 Å². The van der Waals surface area contributed by atoms with Gasteiger partial charge in [-0.3, -0.25) is 0 Å². The van der Waals surface area contributed by atoms with Crippen LogP contribution in [-0.2, 0) is 0 Å². The second-order valence-electron chi connectivity index (χ2n) is 3.75. The van der Waals surface area contributed by atoms with Crippen molar-refractivity contribution in [3.05, 3.63) is 34.6 Å². The molecule has 92 valence electrons. The van der Waals surface area contributed by atoms with Gasteiger partial charge in [-0.05, 0) is 12.5 Å². The lowest BCUT2D eigenvalue weighted by Gasteiger charge is -2.13.